The Morgan fingerprint density at radius 2 is 1.50 bits per heavy atom. The third kappa shape index (κ3) is 5.53. The molecule has 0 atom stereocenters. The van der Waals surface area contributed by atoms with Crippen LogP contribution in [0, 0.1) is 0 Å². The van der Waals surface area contributed by atoms with Crippen molar-refractivity contribution in [2.75, 3.05) is 19.8 Å². The van der Waals surface area contributed by atoms with Gasteiger partial charge in [0.1, 0.15) is 30.5 Å². The number of ether oxygens (including phenoxy) is 2. The molecule has 0 spiro atoms. The van der Waals surface area contributed by atoms with Gasteiger partial charge < -0.3 is 23.2 Å². The molecule has 3 rings (SSSR count). The molecule has 2 aromatic heterocycles. The highest BCUT2D eigenvalue weighted by molar-refractivity contribution is 5.77. The summed E-state index contributed by atoms with van der Waals surface area (Å²) in [7, 11) is 0. The monoisotopic (exact) mass is 355 g/mol. The van der Waals surface area contributed by atoms with E-state index in [0.717, 1.165) is 5.75 Å². The standard InChI is InChI=1S/C20H21NO5/c22-20(16-23-12-13-26-17-6-2-1-3-7-17)21(14-18-8-4-10-24-18)15-19-9-5-11-25-19/h1-11H,12-16H2. The molecule has 6 heteroatoms. The summed E-state index contributed by atoms with van der Waals surface area (Å²) in [4.78, 5) is 14.1. The quantitative estimate of drug-likeness (QED) is 0.521. The fraction of sp³-hybridized carbons (Fsp3) is 0.250. The normalized spacial score (nSPS) is 10.6. The average Bonchev–Trinajstić information content (AvgIpc) is 3.36. The Morgan fingerprint density at radius 1 is 0.846 bits per heavy atom. The summed E-state index contributed by atoms with van der Waals surface area (Å²) in [5.41, 5.74) is 0. The fourth-order valence-corrected chi connectivity index (χ4v) is 2.40. The van der Waals surface area contributed by atoms with E-state index < -0.39 is 0 Å². The molecule has 0 aliphatic rings. The van der Waals surface area contributed by atoms with Crippen LogP contribution in [0.1, 0.15) is 11.5 Å². The molecule has 0 saturated heterocycles. The van der Waals surface area contributed by atoms with E-state index in [1.807, 2.05) is 42.5 Å². The largest absolute Gasteiger partial charge is 0.491 e. The molecule has 6 nitrogen and oxygen atoms in total. The SMILES string of the molecule is O=C(COCCOc1ccccc1)N(Cc1ccco1)Cc1ccco1. The van der Waals surface area contributed by atoms with E-state index in [-0.39, 0.29) is 12.5 Å². The molecule has 0 unspecified atom stereocenters. The Balaban J connectivity index is 1.45. The molecule has 0 fully saturated rings. The van der Waals surface area contributed by atoms with Gasteiger partial charge >= 0.3 is 0 Å². The van der Waals surface area contributed by atoms with Crippen LogP contribution in [0.5, 0.6) is 5.75 Å². The molecule has 0 saturated carbocycles. The number of carbonyl (C=O) groups is 1. The average molecular weight is 355 g/mol. The Morgan fingerprint density at radius 3 is 2.08 bits per heavy atom. The molecule has 0 aliphatic heterocycles. The zero-order valence-corrected chi connectivity index (χ0v) is 14.4. The topological polar surface area (TPSA) is 65.1 Å². The maximum absolute atomic E-state index is 12.5. The maximum Gasteiger partial charge on any atom is 0.249 e. The molecule has 2 heterocycles. The minimum Gasteiger partial charge on any atom is -0.491 e. The van der Waals surface area contributed by atoms with Crippen molar-refractivity contribution < 1.29 is 23.1 Å². The first-order chi connectivity index (χ1) is 12.8. The van der Waals surface area contributed by atoms with Crippen LogP contribution in [0.3, 0.4) is 0 Å². The fourth-order valence-electron chi connectivity index (χ4n) is 2.40. The van der Waals surface area contributed by atoms with Crippen LogP contribution < -0.4 is 4.74 Å². The number of amides is 1. The van der Waals surface area contributed by atoms with Crippen LogP contribution in [0.25, 0.3) is 0 Å². The molecule has 0 bridgehead atoms. The molecular formula is C20H21NO5. The Hall–Kier alpha value is -2.99. The van der Waals surface area contributed by atoms with E-state index in [9.17, 15) is 4.79 Å². The minimum absolute atomic E-state index is 0.0282. The number of nitrogens with zero attached hydrogens (tertiary/aromatic N) is 1. The minimum atomic E-state index is -0.141. The van der Waals surface area contributed by atoms with E-state index in [2.05, 4.69) is 0 Å². The molecule has 26 heavy (non-hydrogen) atoms. The highest BCUT2D eigenvalue weighted by Crippen LogP contribution is 2.12. The lowest BCUT2D eigenvalue weighted by Crippen LogP contribution is -2.33. The lowest BCUT2D eigenvalue weighted by molar-refractivity contribution is -0.138. The van der Waals surface area contributed by atoms with Gasteiger partial charge in [-0.25, -0.2) is 0 Å². The van der Waals surface area contributed by atoms with Gasteiger partial charge in [-0.3, -0.25) is 4.79 Å². The van der Waals surface area contributed by atoms with Crippen molar-refractivity contribution in [1.82, 2.24) is 4.90 Å². The van der Waals surface area contributed by atoms with Gasteiger partial charge in [-0.1, -0.05) is 18.2 Å². The van der Waals surface area contributed by atoms with E-state index in [0.29, 0.717) is 37.8 Å². The van der Waals surface area contributed by atoms with Crippen molar-refractivity contribution in [3.05, 3.63) is 78.6 Å². The van der Waals surface area contributed by atoms with Crippen LogP contribution >= 0.6 is 0 Å². The van der Waals surface area contributed by atoms with Gasteiger partial charge in [0.2, 0.25) is 5.91 Å². The molecule has 136 valence electrons. The molecule has 1 aromatic carbocycles. The summed E-state index contributed by atoms with van der Waals surface area (Å²) in [5.74, 6) is 2.05. The van der Waals surface area contributed by atoms with Crippen LogP contribution in [0.2, 0.25) is 0 Å². The predicted molar refractivity (Wildman–Crippen MR) is 94.4 cm³/mol. The first-order valence-electron chi connectivity index (χ1n) is 8.39. The Labute approximate surface area is 151 Å². The lowest BCUT2D eigenvalue weighted by atomic mass is 10.3. The zero-order chi connectivity index (χ0) is 18.0. The smallest absolute Gasteiger partial charge is 0.249 e. The Kier molecular flexibility index (Phi) is 6.50. The third-order valence-electron chi connectivity index (χ3n) is 3.67. The van der Waals surface area contributed by atoms with Crippen molar-refractivity contribution in [2.24, 2.45) is 0 Å². The van der Waals surface area contributed by atoms with Gasteiger partial charge in [0.15, 0.2) is 0 Å². The van der Waals surface area contributed by atoms with Crippen LogP contribution in [-0.2, 0) is 22.6 Å². The van der Waals surface area contributed by atoms with Crippen molar-refractivity contribution in [3.8, 4) is 5.75 Å². The van der Waals surface area contributed by atoms with Gasteiger partial charge in [-0.2, -0.15) is 0 Å². The maximum atomic E-state index is 12.5. The number of furan rings is 2. The zero-order valence-electron chi connectivity index (χ0n) is 14.4. The van der Waals surface area contributed by atoms with Crippen LogP contribution in [0.4, 0.5) is 0 Å². The molecule has 0 aliphatic carbocycles. The van der Waals surface area contributed by atoms with Gasteiger partial charge in [-0.05, 0) is 36.4 Å². The molecule has 0 radical (unpaired) electrons. The summed E-state index contributed by atoms with van der Waals surface area (Å²) in [6, 6.07) is 16.7. The number of carbonyl (C=O) groups excluding carboxylic acids is 1. The van der Waals surface area contributed by atoms with Gasteiger partial charge in [-0.15, -0.1) is 0 Å². The third-order valence-corrected chi connectivity index (χ3v) is 3.67. The lowest BCUT2D eigenvalue weighted by Gasteiger charge is -2.20. The van der Waals surface area contributed by atoms with Crippen LogP contribution in [-0.4, -0.2) is 30.6 Å². The van der Waals surface area contributed by atoms with E-state index in [4.69, 9.17) is 18.3 Å². The van der Waals surface area contributed by atoms with Crippen molar-refractivity contribution in [2.45, 2.75) is 13.1 Å². The highest BCUT2D eigenvalue weighted by atomic mass is 16.5. The summed E-state index contributed by atoms with van der Waals surface area (Å²) < 4.78 is 21.7. The summed E-state index contributed by atoms with van der Waals surface area (Å²) in [6.45, 7) is 1.40. The van der Waals surface area contributed by atoms with Gasteiger partial charge in [0.05, 0.1) is 32.2 Å². The van der Waals surface area contributed by atoms with E-state index in [1.54, 1.807) is 29.6 Å². The van der Waals surface area contributed by atoms with Crippen LogP contribution in [0.15, 0.2) is 76.0 Å². The van der Waals surface area contributed by atoms with Crippen molar-refractivity contribution >= 4 is 5.91 Å². The van der Waals surface area contributed by atoms with Gasteiger partial charge in [0, 0.05) is 0 Å². The molecular weight excluding hydrogens is 334 g/mol. The number of hydrogen-bond donors (Lipinski definition) is 0. The summed E-state index contributed by atoms with van der Waals surface area (Å²) >= 11 is 0. The Bertz CT molecular complexity index is 717. The molecule has 1 amide bonds. The second-order valence-electron chi connectivity index (χ2n) is 5.62. The number of benzene rings is 1. The second-order valence-corrected chi connectivity index (χ2v) is 5.62. The van der Waals surface area contributed by atoms with Crippen molar-refractivity contribution in [3.63, 3.8) is 0 Å². The predicted octanol–water partition coefficient (Wildman–Crippen LogP) is 3.50. The van der Waals surface area contributed by atoms with Crippen molar-refractivity contribution in [1.29, 1.82) is 0 Å². The van der Waals surface area contributed by atoms with E-state index >= 15 is 0 Å². The number of para-hydroxylation sites is 1. The highest BCUT2D eigenvalue weighted by Gasteiger charge is 2.17. The number of rotatable bonds is 10. The summed E-state index contributed by atoms with van der Waals surface area (Å²) in [6.07, 6.45) is 3.17. The number of hydrogen-bond acceptors (Lipinski definition) is 5. The molecule has 0 N–H and O–H groups in total. The molecule has 3 aromatic rings. The van der Waals surface area contributed by atoms with Gasteiger partial charge in [0.25, 0.3) is 0 Å². The first kappa shape index (κ1) is 17.8. The van der Waals surface area contributed by atoms with E-state index in [1.165, 1.54) is 0 Å². The summed E-state index contributed by atoms with van der Waals surface area (Å²) in [5, 5.41) is 0. The second kappa shape index (κ2) is 9.48. The first-order valence-corrected chi connectivity index (χ1v) is 8.39.